The highest BCUT2D eigenvalue weighted by molar-refractivity contribution is 7.47. The Morgan fingerprint density at radius 2 is 2.00 bits per heavy atom. The van der Waals surface area contributed by atoms with Crippen LogP contribution in [0.3, 0.4) is 0 Å². The number of ketones is 1. The molecule has 4 atom stereocenters. The van der Waals surface area contributed by atoms with E-state index in [1.165, 1.54) is 0 Å². The predicted octanol–water partition coefficient (Wildman–Crippen LogP) is 2.68. The lowest BCUT2D eigenvalue weighted by atomic mass is 9.90. The average molecular weight is 322 g/mol. The molecule has 7 heteroatoms. The van der Waals surface area contributed by atoms with Crippen LogP contribution in [0.1, 0.15) is 51.9 Å². The quantitative estimate of drug-likeness (QED) is 0.474. The van der Waals surface area contributed by atoms with Crippen LogP contribution in [-0.2, 0) is 18.4 Å². The largest absolute Gasteiger partial charge is 0.471 e. The third kappa shape index (κ3) is 6.57. The SMILES string of the molecule is CCCCCCC(=O)C1C[C@H](O)CC1COP(=O)(O)OC. The number of Topliss-reactive ketones (excluding diaryl/α,β-unsaturated/α-hetero) is 1. The van der Waals surface area contributed by atoms with Crippen molar-refractivity contribution < 1.29 is 28.4 Å². The van der Waals surface area contributed by atoms with E-state index in [9.17, 15) is 19.4 Å². The number of phosphoric acid groups is 1. The van der Waals surface area contributed by atoms with Crippen LogP contribution in [0.25, 0.3) is 0 Å². The number of unbranched alkanes of at least 4 members (excludes halogenated alkanes) is 3. The number of phosphoric ester groups is 1. The number of hydrogen-bond acceptors (Lipinski definition) is 5. The molecule has 0 saturated heterocycles. The van der Waals surface area contributed by atoms with E-state index in [0.29, 0.717) is 19.3 Å². The molecule has 0 amide bonds. The molecule has 0 spiro atoms. The maximum atomic E-state index is 12.2. The molecule has 0 heterocycles. The first-order valence-electron chi connectivity index (χ1n) is 7.63. The topological polar surface area (TPSA) is 93.1 Å². The zero-order chi connectivity index (χ0) is 15.9. The van der Waals surface area contributed by atoms with Crippen LogP contribution in [0.5, 0.6) is 0 Å². The van der Waals surface area contributed by atoms with Crippen LogP contribution in [-0.4, -0.2) is 35.6 Å². The van der Waals surface area contributed by atoms with Crippen LogP contribution >= 0.6 is 7.82 Å². The molecule has 2 N–H and O–H groups in total. The monoisotopic (exact) mass is 322 g/mol. The van der Waals surface area contributed by atoms with Gasteiger partial charge in [0, 0.05) is 19.4 Å². The van der Waals surface area contributed by atoms with Crippen LogP contribution in [0, 0.1) is 11.8 Å². The second-order valence-electron chi connectivity index (χ2n) is 5.72. The van der Waals surface area contributed by atoms with Gasteiger partial charge in [0.2, 0.25) is 0 Å². The van der Waals surface area contributed by atoms with Crippen molar-refractivity contribution in [3.63, 3.8) is 0 Å². The Morgan fingerprint density at radius 1 is 1.29 bits per heavy atom. The smallest absolute Gasteiger partial charge is 0.393 e. The number of rotatable bonds is 10. The van der Waals surface area contributed by atoms with E-state index in [-0.39, 0.29) is 24.2 Å². The number of hydrogen-bond donors (Lipinski definition) is 2. The van der Waals surface area contributed by atoms with E-state index in [2.05, 4.69) is 11.4 Å². The summed E-state index contributed by atoms with van der Waals surface area (Å²) in [5.74, 6) is -0.366. The molecule has 0 aromatic heterocycles. The standard InChI is InChI=1S/C14H27O6P/c1-3-4-5-6-7-14(16)13-9-12(15)8-11(13)10-20-21(17,18)19-2/h11-13,15H,3-10H2,1-2H3,(H,17,18)/t11?,12-,13?/m1/s1. The Labute approximate surface area is 126 Å². The fourth-order valence-electron chi connectivity index (χ4n) is 2.83. The van der Waals surface area contributed by atoms with E-state index < -0.39 is 13.9 Å². The molecule has 0 aliphatic heterocycles. The summed E-state index contributed by atoms with van der Waals surface area (Å²) in [5.41, 5.74) is 0. The minimum absolute atomic E-state index is 0.0377. The average Bonchev–Trinajstić information content (AvgIpc) is 2.82. The summed E-state index contributed by atoms with van der Waals surface area (Å²) >= 11 is 0. The van der Waals surface area contributed by atoms with Crippen molar-refractivity contribution in [1.82, 2.24) is 0 Å². The van der Waals surface area contributed by atoms with E-state index in [1.54, 1.807) is 0 Å². The van der Waals surface area contributed by atoms with Gasteiger partial charge in [-0.05, 0) is 25.2 Å². The number of carbonyl (C=O) groups is 1. The third-order valence-electron chi connectivity index (χ3n) is 4.04. The third-order valence-corrected chi connectivity index (χ3v) is 4.98. The van der Waals surface area contributed by atoms with Crippen LogP contribution in [0.2, 0.25) is 0 Å². The number of carbonyl (C=O) groups excluding carboxylic acids is 1. The highest BCUT2D eigenvalue weighted by atomic mass is 31.2. The first-order chi connectivity index (χ1) is 9.89. The van der Waals surface area contributed by atoms with Gasteiger partial charge in [-0.15, -0.1) is 0 Å². The van der Waals surface area contributed by atoms with E-state index in [1.807, 2.05) is 0 Å². The molecule has 1 saturated carbocycles. The van der Waals surface area contributed by atoms with E-state index in [0.717, 1.165) is 32.8 Å². The van der Waals surface area contributed by atoms with Crippen molar-refractivity contribution in [3.05, 3.63) is 0 Å². The molecular weight excluding hydrogens is 295 g/mol. The Hall–Kier alpha value is -0.260. The molecular formula is C14H27O6P. The van der Waals surface area contributed by atoms with Crippen molar-refractivity contribution >= 4 is 13.6 Å². The molecule has 1 aliphatic rings. The first-order valence-corrected chi connectivity index (χ1v) is 9.13. The summed E-state index contributed by atoms with van der Waals surface area (Å²) in [5, 5.41) is 9.74. The molecule has 0 bridgehead atoms. The zero-order valence-corrected chi connectivity index (χ0v) is 13.8. The molecule has 1 aliphatic carbocycles. The zero-order valence-electron chi connectivity index (χ0n) is 12.9. The molecule has 0 aromatic rings. The van der Waals surface area contributed by atoms with Gasteiger partial charge in [-0.2, -0.15) is 0 Å². The first kappa shape index (κ1) is 18.8. The second-order valence-corrected chi connectivity index (χ2v) is 7.28. The van der Waals surface area contributed by atoms with Crippen LogP contribution < -0.4 is 0 Å². The molecule has 124 valence electrons. The maximum absolute atomic E-state index is 12.2. The molecule has 6 nitrogen and oxygen atoms in total. The molecule has 0 radical (unpaired) electrons. The van der Waals surface area contributed by atoms with Crippen molar-refractivity contribution in [2.24, 2.45) is 11.8 Å². The summed E-state index contributed by atoms with van der Waals surface area (Å²) in [7, 11) is -2.93. The summed E-state index contributed by atoms with van der Waals surface area (Å²) in [4.78, 5) is 21.5. The van der Waals surface area contributed by atoms with Gasteiger partial charge in [0.05, 0.1) is 12.7 Å². The number of aliphatic hydroxyl groups excluding tert-OH is 1. The van der Waals surface area contributed by atoms with Gasteiger partial charge in [0.15, 0.2) is 0 Å². The normalized spacial score (nSPS) is 28.5. The lowest BCUT2D eigenvalue weighted by molar-refractivity contribution is -0.124. The molecule has 21 heavy (non-hydrogen) atoms. The van der Waals surface area contributed by atoms with Crippen molar-refractivity contribution in [2.45, 2.75) is 58.0 Å². The maximum Gasteiger partial charge on any atom is 0.471 e. The summed E-state index contributed by atoms with van der Waals surface area (Å²) in [6, 6.07) is 0. The molecule has 3 unspecified atom stereocenters. The molecule has 0 aromatic carbocycles. The van der Waals surface area contributed by atoms with E-state index in [4.69, 9.17) is 4.52 Å². The predicted molar refractivity (Wildman–Crippen MR) is 78.8 cm³/mol. The van der Waals surface area contributed by atoms with Crippen molar-refractivity contribution in [2.75, 3.05) is 13.7 Å². The second kappa shape index (κ2) is 9.01. The highest BCUT2D eigenvalue weighted by Gasteiger charge is 2.38. The Kier molecular flexibility index (Phi) is 8.06. The van der Waals surface area contributed by atoms with E-state index >= 15 is 0 Å². The van der Waals surface area contributed by atoms with Crippen LogP contribution in [0.4, 0.5) is 0 Å². The van der Waals surface area contributed by atoms with Gasteiger partial charge in [0.25, 0.3) is 0 Å². The fraction of sp³-hybridized carbons (Fsp3) is 0.929. The van der Waals surface area contributed by atoms with Gasteiger partial charge in [-0.1, -0.05) is 26.2 Å². The van der Waals surface area contributed by atoms with Crippen LogP contribution in [0.15, 0.2) is 0 Å². The van der Waals surface area contributed by atoms with Gasteiger partial charge < -0.3 is 10.00 Å². The molecule has 1 rings (SSSR count). The minimum Gasteiger partial charge on any atom is -0.393 e. The minimum atomic E-state index is -4.03. The fourth-order valence-corrected chi connectivity index (χ4v) is 3.31. The van der Waals surface area contributed by atoms with Gasteiger partial charge in [0.1, 0.15) is 5.78 Å². The summed E-state index contributed by atoms with van der Waals surface area (Å²) < 4.78 is 20.5. The highest BCUT2D eigenvalue weighted by Crippen LogP contribution is 2.44. The molecule has 1 fully saturated rings. The van der Waals surface area contributed by atoms with Gasteiger partial charge >= 0.3 is 7.82 Å². The summed E-state index contributed by atoms with van der Waals surface area (Å²) in [6.45, 7) is 2.08. The lowest BCUT2D eigenvalue weighted by Gasteiger charge is -2.19. The van der Waals surface area contributed by atoms with Gasteiger partial charge in [-0.25, -0.2) is 4.57 Å². The van der Waals surface area contributed by atoms with Gasteiger partial charge in [-0.3, -0.25) is 13.8 Å². The Balaban J connectivity index is 2.46. The van der Waals surface area contributed by atoms with Crippen molar-refractivity contribution in [1.29, 1.82) is 0 Å². The lowest BCUT2D eigenvalue weighted by Crippen LogP contribution is -2.22. The van der Waals surface area contributed by atoms with Crippen molar-refractivity contribution in [3.8, 4) is 0 Å². The Morgan fingerprint density at radius 3 is 2.62 bits per heavy atom. The number of aliphatic hydroxyl groups is 1. The summed E-state index contributed by atoms with van der Waals surface area (Å²) in [6.07, 6.45) is 4.96. The Bertz CT molecular complexity index is 372.